The van der Waals surface area contributed by atoms with Crippen LogP contribution in [0.15, 0.2) is 23.3 Å². The van der Waals surface area contributed by atoms with Crippen LogP contribution in [0.5, 0.6) is 0 Å². The molecule has 0 aromatic carbocycles. The predicted octanol–water partition coefficient (Wildman–Crippen LogP) is 0.744. The van der Waals surface area contributed by atoms with Gasteiger partial charge < -0.3 is 70.0 Å². The molecule has 19 atom stereocenters. The van der Waals surface area contributed by atoms with Gasteiger partial charge in [-0.3, -0.25) is 4.79 Å². The average molecular weight is 799 g/mol. The van der Waals surface area contributed by atoms with Crippen molar-refractivity contribution in [3.8, 4) is 0 Å². The van der Waals surface area contributed by atoms with Crippen molar-refractivity contribution < 1.29 is 74.8 Å². The van der Waals surface area contributed by atoms with E-state index in [0.29, 0.717) is 12.8 Å². The molecule has 15 nitrogen and oxygen atoms in total. The van der Waals surface area contributed by atoms with Crippen molar-refractivity contribution in [3.05, 3.63) is 23.3 Å². The Morgan fingerprint density at radius 1 is 0.875 bits per heavy atom. The number of aliphatic hydroxyl groups is 9. The van der Waals surface area contributed by atoms with Gasteiger partial charge in [0.25, 0.3) is 0 Å². The van der Waals surface area contributed by atoms with E-state index < -0.39 is 98.2 Å². The Bertz CT molecular complexity index is 1450. The van der Waals surface area contributed by atoms with Crippen molar-refractivity contribution in [2.75, 3.05) is 13.2 Å². The van der Waals surface area contributed by atoms with E-state index in [1.165, 1.54) is 11.1 Å². The smallest absolute Gasteiger partial charge is 0.306 e. The molecule has 2 saturated heterocycles. The molecule has 2 saturated carbocycles. The number of aliphatic carboxylic acids is 1. The van der Waals surface area contributed by atoms with Gasteiger partial charge in [-0.15, -0.1) is 0 Å². The number of hydrogen-bond acceptors (Lipinski definition) is 14. The van der Waals surface area contributed by atoms with E-state index in [0.717, 1.165) is 32.1 Å². The SMILES string of the molecule is CC(C)C(O)(CCC(C(=O)O)C1CCC2C3=CCC4CC(OC5OC(CO)C(O)C(O)C5O)CCC4(C)C3=CCC21C)C(C)OC1OC(CO)C(O)C(O)C1O. The van der Waals surface area contributed by atoms with E-state index in [-0.39, 0.29) is 53.4 Å². The van der Waals surface area contributed by atoms with Crippen molar-refractivity contribution in [1.82, 2.24) is 0 Å². The minimum Gasteiger partial charge on any atom is -0.481 e. The summed E-state index contributed by atoms with van der Waals surface area (Å²) >= 11 is 0. The summed E-state index contributed by atoms with van der Waals surface area (Å²) in [7, 11) is 0. The van der Waals surface area contributed by atoms with Crippen LogP contribution in [-0.2, 0) is 23.7 Å². The largest absolute Gasteiger partial charge is 0.481 e. The topological polar surface area (TPSA) is 256 Å². The molecule has 6 aliphatic rings. The Balaban J connectivity index is 1.13. The molecule has 2 aliphatic heterocycles. The number of rotatable bonds is 13. The predicted molar refractivity (Wildman–Crippen MR) is 198 cm³/mol. The van der Waals surface area contributed by atoms with Crippen LogP contribution >= 0.6 is 0 Å². The van der Waals surface area contributed by atoms with Gasteiger partial charge in [-0.2, -0.15) is 0 Å². The van der Waals surface area contributed by atoms with E-state index in [9.17, 15) is 55.9 Å². The van der Waals surface area contributed by atoms with Crippen LogP contribution in [0.25, 0.3) is 0 Å². The summed E-state index contributed by atoms with van der Waals surface area (Å²) in [5, 5.41) is 104. The lowest BCUT2D eigenvalue weighted by molar-refractivity contribution is -0.324. The molecule has 4 fully saturated rings. The minimum absolute atomic E-state index is 0.0906. The molecular formula is C41H66O15. The van der Waals surface area contributed by atoms with Gasteiger partial charge >= 0.3 is 5.97 Å². The quantitative estimate of drug-likeness (QED) is 0.123. The molecule has 15 heteroatoms. The number of hydrogen-bond donors (Lipinski definition) is 10. The molecule has 2 heterocycles. The van der Waals surface area contributed by atoms with Crippen molar-refractivity contribution in [2.24, 2.45) is 40.4 Å². The summed E-state index contributed by atoms with van der Waals surface area (Å²) in [4.78, 5) is 13.1. The van der Waals surface area contributed by atoms with E-state index in [1.807, 2.05) is 13.8 Å². The van der Waals surface area contributed by atoms with Gasteiger partial charge in [0, 0.05) is 0 Å². The first-order valence-electron chi connectivity index (χ1n) is 20.6. The maximum Gasteiger partial charge on any atom is 0.306 e. The highest BCUT2D eigenvalue weighted by Crippen LogP contribution is 2.65. The third-order valence-electron chi connectivity index (χ3n) is 15.2. The first-order valence-corrected chi connectivity index (χ1v) is 20.6. The van der Waals surface area contributed by atoms with Gasteiger partial charge in [0.15, 0.2) is 12.6 Å². The van der Waals surface area contributed by atoms with Crippen LogP contribution in [0.3, 0.4) is 0 Å². The lowest BCUT2D eigenvalue weighted by Crippen LogP contribution is -2.61. The number of carboxylic acid groups (broad SMARTS) is 1. The van der Waals surface area contributed by atoms with Crippen molar-refractivity contribution in [2.45, 2.75) is 172 Å². The van der Waals surface area contributed by atoms with Gasteiger partial charge in [0.2, 0.25) is 0 Å². The molecule has 0 aromatic heterocycles. The highest BCUT2D eigenvalue weighted by Gasteiger charge is 2.58. The first kappa shape index (κ1) is 44.0. The third-order valence-corrected chi connectivity index (χ3v) is 15.2. The third kappa shape index (κ3) is 7.67. The summed E-state index contributed by atoms with van der Waals surface area (Å²) in [6, 6.07) is 0. The Hall–Kier alpha value is -1.57. The number of carbonyl (C=O) groups is 1. The number of allylic oxidation sites excluding steroid dienone is 4. The molecule has 56 heavy (non-hydrogen) atoms. The maximum atomic E-state index is 13.1. The van der Waals surface area contributed by atoms with E-state index >= 15 is 0 Å². The highest BCUT2D eigenvalue weighted by molar-refractivity contribution is 5.70. The standard InChI is InChI=1S/C41H66O15/c1-19(2)41(52,20(3)53-37-34(48)32(46)30(44)28(17-42)55-37)15-11-24(36(50)51)26-9-8-25-23-7-6-21-16-22(10-13-39(21,4)27(23)12-14-40(25,26)5)54-38-35(49)33(47)31(45)29(18-43)56-38/h7,12,19-22,24-26,28-35,37-38,42-49,52H,6,8-11,13-18H2,1-5H3,(H,50,51). The number of fused-ring (bicyclic) bond motifs is 5. The van der Waals surface area contributed by atoms with E-state index in [1.54, 1.807) is 6.92 Å². The zero-order chi connectivity index (χ0) is 41.1. The molecule has 0 radical (unpaired) electrons. The van der Waals surface area contributed by atoms with Gasteiger partial charge in [-0.1, -0.05) is 39.8 Å². The van der Waals surface area contributed by atoms with Crippen LogP contribution < -0.4 is 0 Å². The van der Waals surface area contributed by atoms with Crippen LogP contribution in [0, 0.1) is 40.4 Å². The van der Waals surface area contributed by atoms with Crippen LogP contribution in [0.1, 0.15) is 92.4 Å². The molecule has 0 amide bonds. The molecule has 0 aromatic rings. The Morgan fingerprint density at radius 2 is 1.48 bits per heavy atom. The summed E-state index contributed by atoms with van der Waals surface area (Å²) in [6.45, 7) is 8.59. The van der Waals surface area contributed by atoms with Gasteiger partial charge in [0.1, 0.15) is 48.8 Å². The van der Waals surface area contributed by atoms with Crippen LogP contribution in [0.4, 0.5) is 0 Å². The Labute approximate surface area is 328 Å². The first-order chi connectivity index (χ1) is 26.3. The molecule has 320 valence electrons. The highest BCUT2D eigenvalue weighted by atomic mass is 16.7. The number of aliphatic hydroxyl groups excluding tert-OH is 8. The van der Waals surface area contributed by atoms with Crippen LogP contribution in [-0.4, -0.2) is 149 Å². The van der Waals surface area contributed by atoms with E-state index in [2.05, 4.69) is 26.0 Å². The molecule has 10 N–H and O–H groups in total. The normalized spacial score (nSPS) is 46.1. The Kier molecular flexibility index (Phi) is 13.2. The minimum atomic E-state index is -1.63. The van der Waals surface area contributed by atoms with Gasteiger partial charge in [0.05, 0.1) is 36.9 Å². The fraction of sp³-hybridized carbons (Fsp3) is 0.878. The van der Waals surface area contributed by atoms with Crippen molar-refractivity contribution in [3.63, 3.8) is 0 Å². The average Bonchev–Trinajstić information content (AvgIpc) is 3.51. The zero-order valence-corrected chi connectivity index (χ0v) is 33.3. The van der Waals surface area contributed by atoms with Gasteiger partial charge in [-0.25, -0.2) is 0 Å². The summed E-state index contributed by atoms with van der Waals surface area (Å²) < 4.78 is 23.3. The molecular weight excluding hydrogens is 732 g/mol. The maximum absolute atomic E-state index is 13.1. The number of ether oxygens (including phenoxy) is 4. The van der Waals surface area contributed by atoms with Crippen molar-refractivity contribution in [1.29, 1.82) is 0 Å². The second-order valence-corrected chi connectivity index (χ2v) is 18.4. The summed E-state index contributed by atoms with van der Waals surface area (Å²) in [6.07, 6.45) is -5.00. The molecule has 6 rings (SSSR count). The summed E-state index contributed by atoms with van der Waals surface area (Å²) in [5.74, 6) is -1.78. The molecule has 19 unspecified atom stereocenters. The lowest BCUT2D eigenvalue weighted by atomic mass is 9.51. The molecule has 4 aliphatic carbocycles. The fourth-order valence-corrected chi connectivity index (χ4v) is 11.3. The molecule has 0 spiro atoms. The van der Waals surface area contributed by atoms with Crippen molar-refractivity contribution >= 4 is 5.97 Å². The van der Waals surface area contributed by atoms with E-state index in [4.69, 9.17) is 18.9 Å². The molecule has 0 bridgehead atoms. The van der Waals surface area contributed by atoms with Crippen LogP contribution in [0.2, 0.25) is 0 Å². The second-order valence-electron chi connectivity index (χ2n) is 18.4. The zero-order valence-electron chi connectivity index (χ0n) is 33.3. The van der Waals surface area contributed by atoms with Gasteiger partial charge in [-0.05, 0) is 110 Å². The second kappa shape index (κ2) is 16.8. The lowest BCUT2D eigenvalue weighted by Gasteiger charge is -2.54. The Morgan fingerprint density at radius 3 is 2.07 bits per heavy atom. The number of carboxylic acids is 1. The monoisotopic (exact) mass is 798 g/mol. The fourth-order valence-electron chi connectivity index (χ4n) is 11.3. The summed E-state index contributed by atoms with van der Waals surface area (Å²) in [5.41, 5.74) is 0.641.